The second-order valence-corrected chi connectivity index (χ2v) is 10.6. The summed E-state index contributed by atoms with van der Waals surface area (Å²) in [7, 11) is -0.617. The zero-order valence-corrected chi connectivity index (χ0v) is 20.0. The van der Waals surface area contributed by atoms with Crippen molar-refractivity contribution in [2.45, 2.75) is 24.0 Å². The third-order valence-corrected chi connectivity index (χ3v) is 7.48. The number of carbonyl (C=O) groups excluding carboxylic acids is 1. The van der Waals surface area contributed by atoms with Gasteiger partial charge in [0.15, 0.2) is 0 Å². The van der Waals surface area contributed by atoms with Gasteiger partial charge in [-0.2, -0.15) is 13.2 Å². The monoisotopic (exact) mass is 498 g/mol. The van der Waals surface area contributed by atoms with Gasteiger partial charge < -0.3 is 5.32 Å². The van der Waals surface area contributed by atoms with Gasteiger partial charge in [-0.15, -0.1) is 0 Å². The average molecular weight is 499 g/mol. The Kier molecular flexibility index (Phi) is 8.34. The van der Waals surface area contributed by atoms with Crippen LogP contribution in [0.3, 0.4) is 0 Å². The number of hydrogen-bond donors (Lipinski definition) is 1. The highest BCUT2D eigenvalue weighted by Crippen LogP contribution is 2.29. The molecule has 0 atom stereocenters. The SMILES string of the molecule is CN(C)S(=O)(=O)c1ccc(NC(=O)CN2CCCN(Cc3ccc(C(F)(F)F)cc3)CC2)cc1. The lowest BCUT2D eigenvalue weighted by atomic mass is 10.1. The Morgan fingerprint density at radius 2 is 1.53 bits per heavy atom. The first-order chi connectivity index (χ1) is 15.9. The Morgan fingerprint density at radius 3 is 2.12 bits per heavy atom. The highest BCUT2D eigenvalue weighted by Gasteiger charge is 2.30. The lowest BCUT2D eigenvalue weighted by molar-refractivity contribution is -0.137. The van der Waals surface area contributed by atoms with Gasteiger partial charge in [0.25, 0.3) is 0 Å². The van der Waals surface area contributed by atoms with Crippen LogP contribution < -0.4 is 5.32 Å². The van der Waals surface area contributed by atoms with Crippen LogP contribution in [0, 0.1) is 0 Å². The van der Waals surface area contributed by atoms with E-state index in [1.54, 1.807) is 12.1 Å². The molecule has 1 aliphatic rings. The zero-order valence-electron chi connectivity index (χ0n) is 19.2. The van der Waals surface area contributed by atoms with Gasteiger partial charge in [0.2, 0.25) is 15.9 Å². The Bertz CT molecular complexity index is 1070. The molecule has 1 N–H and O–H groups in total. The molecule has 0 spiro atoms. The van der Waals surface area contributed by atoms with Gasteiger partial charge in [-0.25, -0.2) is 12.7 Å². The molecular formula is C23H29F3N4O3S. The molecule has 0 radical (unpaired) electrons. The van der Waals surface area contributed by atoms with Gasteiger partial charge in [-0.1, -0.05) is 12.1 Å². The zero-order chi connectivity index (χ0) is 24.9. The maximum atomic E-state index is 12.7. The summed E-state index contributed by atoms with van der Waals surface area (Å²) in [6, 6.07) is 11.2. The largest absolute Gasteiger partial charge is 0.416 e. The van der Waals surface area contributed by atoms with Crippen LogP contribution in [0.5, 0.6) is 0 Å². The molecule has 7 nitrogen and oxygen atoms in total. The molecule has 3 rings (SSSR count). The summed E-state index contributed by atoms with van der Waals surface area (Å²) in [5, 5.41) is 2.79. The van der Waals surface area contributed by atoms with Crippen molar-refractivity contribution in [3.05, 3.63) is 59.7 Å². The predicted molar refractivity (Wildman–Crippen MR) is 124 cm³/mol. The topological polar surface area (TPSA) is 73.0 Å². The Balaban J connectivity index is 1.48. The second-order valence-electron chi connectivity index (χ2n) is 8.46. The number of hydrogen-bond acceptors (Lipinski definition) is 5. The number of nitrogens with one attached hydrogen (secondary N) is 1. The van der Waals surface area contributed by atoms with Crippen LogP contribution >= 0.6 is 0 Å². The number of benzene rings is 2. The van der Waals surface area contributed by atoms with E-state index in [-0.39, 0.29) is 17.3 Å². The number of amides is 1. The first kappa shape index (κ1) is 26.1. The third-order valence-electron chi connectivity index (χ3n) is 5.65. The fourth-order valence-electron chi connectivity index (χ4n) is 3.72. The molecule has 0 saturated carbocycles. The number of carbonyl (C=O) groups is 1. The molecule has 1 amide bonds. The van der Waals surface area contributed by atoms with E-state index in [0.717, 1.165) is 41.5 Å². The number of anilines is 1. The molecule has 2 aromatic carbocycles. The van der Waals surface area contributed by atoms with Crippen molar-refractivity contribution in [1.82, 2.24) is 14.1 Å². The Labute approximate surface area is 198 Å². The van der Waals surface area contributed by atoms with Crippen LogP contribution in [0.25, 0.3) is 0 Å². The van der Waals surface area contributed by atoms with Crippen LogP contribution in [0.15, 0.2) is 53.4 Å². The third kappa shape index (κ3) is 7.02. The van der Waals surface area contributed by atoms with Crippen LogP contribution in [-0.2, 0) is 27.5 Å². The van der Waals surface area contributed by atoms with Crippen LogP contribution in [0.1, 0.15) is 17.5 Å². The van der Waals surface area contributed by atoms with Gasteiger partial charge in [0, 0.05) is 39.4 Å². The number of sulfonamides is 1. The van der Waals surface area contributed by atoms with Gasteiger partial charge in [-0.3, -0.25) is 14.6 Å². The van der Waals surface area contributed by atoms with E-state index < -0.39 is 21.8 Å². The summed E-state index contributed by atoms with van der Waals surface area (Å²) >= 11 is 0. The molecular weight excluding hydrogens is 469 g/mol. The fourth-order valence-corrected chi connectivity index (χ4v) is 4.62. The van der Waals surface area contributed by atoms with Crippen molar-refractivity contribution in [3.63, 3.8) is 0 Å². The lowest BCUT2D eigenvalue weighted by Gasteiger charge is -2.21. The Hall–Kier alpha value is -2.47. The van der Waals surface area contributed by atoms with Crippen molar-refractivity contribution in [1.29, 1.82) is 0 Å². The van der Waals surface area contributed by atoms with E-state index in [2.05, 4.69) is 10.2 Å². The molecule has 0 aliphatic carbocycles. The number of nitrogens with zero attached hydrogens (tertiary/aromatic N) is 3. The predicted octanol–water partition coefficient (Wildman–Crippen LogP) is 3.10. The molecule has 0 unspecified atom stereocenters. The van der Waals surface area contributed by atoms with Crippen molar-refractivity contribution in [3.8, 4) is 0 Å². The maximum Gasteiger partial charge on any atom is 0.416 e. The molecule has 1 saturated heterocycles. The minimum atomic E-state index is -4.34. The van der Waals surface area contributed by atoms with Gasteiger partial charge in [-0.05, 0) is 61.5 Å². The summed E-state index contributed by atoms with van der Waals surface area (Å²) in [5.74, 6) is -0.195. The first-order valence-electron chi connectivity index (χ1n) is 10.9. The fraction of sp³-hybridized carbons (Fsp3) is 0.435. The normalized spacial score (nSPS) is 16.4. The molecule has 1 aliphatic heterocycles. The van der Waals surface area contributed by atoms with E-state index in [1.807, 2.05) is 4.90 Å². The summed E-state index contributed by atoms with van der Waals surface area (Å²) < 4.78 is 63.6. The van der Waals surface area contributed by atoms with Gasteiger partial charge in [0.1, 0.15) is 0 Å². The molecule has 34 heavy (non-hydrogen) atoms. The van der Waals surface area contributed by atoms with E-state index >= 15 is 0 Å². The summed E-state index contributed by atoms with van der Waals surface area (Å²) in [4.78, 5) is 16.8. The highest BCUT2D eigenvalue weighted by molar-refractivity contribution is 7.89. The minimum absolute atomic E-state index is 0.149. The first-order valence-corrected chi connectivity index (χ1v) is 12.3. The summed E-state index contributed by atoms with van der Waals surface area (Å²) in [6.07, 6.45) is -3.50. The van der Waals surface area contributed by atoms with Gasteiger partial charge >= 0.3 is 6.18 Å². The van der Waals surface area contributed by atoms with Crippen molar-refractivity contribution in [2.75, 3.05) is 52.1 Å². The van der Waals surface area contributed by atoms with Crippen LogP contribution in [-0.4, -0.2) is 75.2 Å². The Morgan fingerprint density at radius 1 is 0.941 bits per heavy atom. The van der Waals surface area contributed by atoms with Crippen LogP contribution in [0.4, 0.5) is 18.9 Å². The second kappa shape index (κ2) is 10.9. The molecule has 0 bridgehead atoms. The van der Waals surface area contributed by atoms with Crippen molar-refractivity contribution in [2.24, 2.45) is 0 Å². The number of alkyl halides is 3. The van der Waals surface area contributed by atoms with Crippen molar-refractivity contribution >= 4 is 21.6 Å². The molecule has 2 aromatic rings. The maximum absolute atomic E-state index is 12.7. The summed E-state index contributed by atoms with van der Waals surface area (Å²) in [5.41, 5.74) is 0.679. The molecule has 0 aromatic heterocycles. The number of rotatable bonds is 7. The average Bonchev–Trinajstić information content (AvgIpc) is 2.98. The van der Waals surface area contributed by atoms with E-state index in [4.69, 9.17) is 0 Å². The summed E-state index contributed by atoms with van der Waals surface area (Å²) in [6.45, 7) is 3.64. The van der Waals surface area contributed by atoms with Crippen LogP contribution in [0.2, 0.25) is 0 Å². The van der Waals surface area contributed by atoms with E-state index in [0.29, 0.717) is 25.3 Å². The quantitative estimate of drug-likeness (QED) is 0.635. The van der Waals surface area contributed by atoms with E-state index in [9.17, 15) is 26.4 Å². The van der Waals surface area contributed by atoms with Gasteiger partial charge in [0.05, 0.1) is 17.0 Å². The molecule has 1 heterocycles. The minimum Gasteiger partial charge on any atom is -0.325 e. The molecule has 11 heteroatoms. The van der Waals surface area contributed by atoms with Crippen molar-refractivity contribution < 1.29 is 26.4 Å². The molecule has 1 fully saturated rings. The number of halogens is 3. The lowest BCUT2D eigenvalue weighted by Crippen LogP contribution is -2.36. The smallest absolute Gasteiger partial charge is 0.325 e. The molecule has 186 valence electrons. The standard InChI is InChI=1S/C23H29F3N4O3S/c1-28(2)34(32,33)21-10-8-20(9-11-21)27-22(31)17-30-13-3-12-29(14-15-30)16-18-4-6-19(7-5-18)23(24,25)26/h4-11H,3,12-17H2,1-2H3,(H,27,31). The van der Waals surface area contributed by atoms with E-state index in [1.165, 1.54) is 38.4 Å². The highest BCUT2D eigenvalue weighted by atomic mass is 32.2.